The monoisotopic (exact) mass is 239 g/mol. The number of carbonyl (C=O) groups is 1. The van der Waals surface area contributed by atoms with E-state index < -0.39 is 0 Å². The first-order valence-electron chi connectivity index (χ1n) is 4.07. The van der Waals surface area contributed by atoms with Crippen LogP contribution in [0.1, 0.15) is 10.4 Å². The molecule has 0 spiro atoms. The summed E-state index contributed by atoms with van der Waals surface area (Å²) in [5, 5.41) is 7.63. The molecule has 0 saturated carbocycles. The minimum atomic E-state index is 0.529. The Morgan fingerprint density at radius 2 is 2.33 bits per heavy atom. The number of nitrogens with one attached hydrogen (secondary N) is 1. The van der Waals surface area contributed by atoms with Crippen molar-refractivity contribution in [3.05, 3.63) is 35.1 Å². The van der Waals surface area contributed by atoms with Gasteiger partial charge in [-0.15, -0.1) is 0 Å². The van der Waals surface area contributed by atoms with Gasteiger partial charge in [0.15, 0.2) is 5.16 Å². The molecule has 6 heteroatoms. The predicted octanol–water partition coefficient (Wildman–Crippen LogP) is 2.42. The number of H-pyrrole nitrogens is 1. The SMILES string of the molecule is O=Cc1ccc(Sc2ncn[nH]2)c(Cl)c1. The van der Waals surface area contributed by atoms with Crippen LogP contribution in [0.25, 0.3) is 0 Å². The largest absolute Gasteiger partial charge is 0.298 e. The van der Waals surface area contributed by atoms with Crippen LogP contribution in [-0.2, 0) is 0 Å². The molecule has 0 radical (unpaired) electrons. The summed E-state index contributed by atoms with van der Waals surface area (Å²) < 4.78 is 0. The molecule has 0 unspecified atom stereocenters. The lowest BCUT2D eigenvalue weighted by Crippen LogP contribution is -1.82. The number of aromatic amines is 1. The Bertz CT molecular complexity index is 472. The van der Waals surface area contributed by atoms with Gasteiger partial charge in [-0.2, -0.15) is 5.10 Å². The summed E-state index contributed by atoms with van der Waals surface area (Å²) in [6.07, 6.45) is 2.19. The van der Waals surface area contributed by atoms with Crippen molar-refractivity contribution in [1.29, 1.82) is 0 Å². The Balaban J connectivity index is 2.26. The summed E-state index contributed by atoms with van der Waals surface area (Å²) in [4.78, 5) is 15.3. The molecule has 1 aromatic carbocycles. The molecule has 1 N–H and O–H groups in total. The van der Waals surface area contributed by atoms with Crippen LogP contribution in [0.3, 0.4) is 0 Å². The Hall–Kier alpha value is -1.33. The second kappa shape index (κ2) is 4.46. The number of hydrogen-bond acceptors (Lipinski definition) is 4. The van der Waals surface area contributed by atoms with E-state index in [1.165, 1.54) is 18.1 Å². The van der Waals surface area contributed by atoms with Crippen LogP contribution in [0, 0.1) is 0 Å². The molecule has 2 aromatic rings. The lowest BCUT2D eigenvalue weighted by Gasteiger charge is -2.01. The van der Waals surface area contributed by atoms with E-state index in [-0.39, 0.29) is 0 Å². The summed E-state index contributed by atoms with van der Waals surface area (Å²) in [7, 11) is 0. The highest BCUT2D eigenvalue weighted by Crippen LogP contribution is 2.31. The van der Waals surface area contributed by atoms with Crippen LogP contribution >= 0.6 is 23.4 Å². The second-order valence-corrected chi connectivity index (χ2v) is 4.14. The van der Waals surface area contributed by atoms with Gasteiger partial charge in [-0.3, -0.25) is 9.89 Å². The molecule has 0 bridgehead atoms. The normalized spacial score (nSPS) is 10.2. The minimum Gasteiger partial charge on any atom is -0.298 e. The van der Waals surface area contributed by atoms with Gasteiger partial charge in [-0.25, -0.2) is 4.98 Å². The highest BCUT2D eigenvalue weighted by Gasteiger charge is 2.05. The van der Waals surface area contributed by atoms with Crippen molar-refractivity contribution < 1.29 is 4.79 Å². The third-order valence-corrected chi connectivity index (χ3v) is 3.08. The number of aldehydes is 1. The van der Waals surface area contributed by atoms with E-state index in [0.717, 1.165) is 11.2 Å². The van der Waals surface area contributed by atoms with Gasteiger partial charge in [0.05, 0.1) is 5.02 Å². The molecule has 0 atom stereocenters. The molecule has 4 nitrogen and oxygen atoms in total. The van der Waals surface area contributed by atoms with Crippen LogP contribution in [0.5, 0.6) is 0 Å². The van der Waals surface area contributed by atoms with E-state index in [2.05, 4.69) is 15.2 Å². The van der Waals surface area contributed by atoms with Gasteiger partial charge in [0, 0.05) is 10.5 Å². The molecule has 15 heavy (non-hydrogen) atoms. The third kappa shape index (κ3) is 2.37. The van der Waals surface area contributed by atoms with Crippen molar-refractivity contribution in [2.24, 2.45) is 0 Å². The molecule has 2 rings (SSSR count). The number of aromatic nitrogens is 3. The fraction of sp³-hybridized carbons (Fsp3) is 0. The molecule has 0 aliphatic heterocycles. The topological polar surface area (TPSA) is 58.6 Å². The molecule has 0 fully saturated rings. The summed E-state index contributed by atoms with van der Waals surface area (Å²) in [5.41, 5.74) is 0.557. The molecule has 0 saturated heterocycles. The third-order valence-electron chi connectivity index (χ3n) is 1.69. The first-order valence-corrected chi connectivity index (χ1v) is 5.27. The lowest BCUT2D eigenvalue weighted by molar-refractivity contribution is 0.112. The number of rotatable bonds is 3. The number of halogens is 1. The Kier molecular flexibility index (Phi) is 3.03. The van der Waals surface area contributed by atoms with E-state index in [1.54, 1.807) is 18.2 Å². The maximum Gasteiger partial charge on any atom is 0.188 e. The predicted molar refractivity (Wildman–Crippen MR) is 57.3 cm³/mol. The average molecular weight is 240 g/mol. The molecule has 1 heterocycles. The van der Waals surface area contributed by atoms with E-state index in [9.17, 15) is 4.79 Å². The quantitative estimate of drug-likeness (QED) is 0.836. The second-order valence-electron chi connectivity index (χ2n) is 2.70. The molecular weight excluding hydrogens is 234 g/mol. The van der Waals surface area contributed by atoms with Crippen LogP contribution in [0.4, 0.5) is 0 Å². The van der Waals surface area contributed by atoms with Gasteiger partial charge < -0.3 is 0 Å². The molecule has 0 aliphatic rings. The van der Waals surface area contributed by atoms with E-state index in [0.29, 0.717) is 15.7 Å². The van der Waals surface area contributed by atoms with Crippen molar-refractivity contribution in [2.45, 2.75) is 10.1 Å². The number of hydrogen-bond donors (Lipinski definition) is 1. The number of carbonyl (C=O) groups excluding carboxylic acids is 1. The van der Waals surface area contributed by atoms with Gasteiger partial charge >= 0.3 is 0 Å². The van der Waals surface area contributed by atoms with Crippen molar-refractivity contribution in [2.75, 3.05) is 0 Å². The summed E-state index contributed by atoms with van der Waals surface area (Å²) in [5.74, 6) is 0. The minimum absolute atomic E-state index is 0.529. The van der Waals surface area contributed by atoms with Crippen molar-refractivity contribution >= 4 is 29.6 Å². The molecule has 0 amide bonds. The highest BCUT2D eigenvalue weighted by atomic mass is 35.5. The van der Waals surface area contributed by atoms with Gasteiger partial charge in [-0.05, 0) is 23.9 Å². The summed E-state index contributed by atoms with van der Waals surface area (Å²) in [6.45, 7) is 0. The van der Waals surface area contributed by atoms with Crippen molar-refractivity contribution in [3.63, 3.8) is 0 Å². The summed E-state index contributed by atoms with van der Waals surface area (Å²) in [6, 6.07) is 5.10. The zero-order valence-corrected chi connectivity index (χ0v) is 9.05. The number of nitrogens with zero attached hydrogens (tertiary/aromatic N) is 2. The molecule has 1 aromatic heterocycles. The molecule has 0 aliphatic carbocycles. The smallest absolute Gasteiger partial charge is 0.188 e. The average Bonchev–Trinajstić information content (AvgIpc) is 2.74. The highest BCUT2D eigenvalue weighted by molar-refractivity contribution is 7.99. The number of benzene rings is 1. The van der Waals surface area contributed by atoms with Gasteiger partial charge in [0.25, 0.3) is 0 Å². The zero-order valence-electron chi connectivity index (χ0n) is 7.48. The fourth-order valence-electron chi connectivity index (χ4n) is 1.02. The maximum absolute atomic E-state index is 10.5. The van der Waals surface area contributed by atoms with Gasteiger partial charge in [-0.1, -0.05) is 17.7 Å². The van der Waals surface area contributed by atoms with Gasteiger partial charge in [0.1, 0.15) is 12.6 Å². The maximum atomic E-state index is 10.5. The first kappa shape index (κ1) is 10.2. The Morgan fingerprint density at radius 1 is 1.47 bits per heavy atom. The Morgan fingerprint density at radius 3 is 2.93 bits per heavy atom. The summed E-state index contributed by atoms with van der Waals surface area (Å²) >= 11 is 7.35. The molecular formula is C9H6ClN3OS. The molecule has 76 valence electrons. The van der Waals surface area contributed by atoms with Crippen LogP contribution < -0.4 is 0 Å². The van der Waals surface area contributed by atoms with Crippen molar-refractivity contribution in [3.8, 4) is 0 Å². The van der Waals surface area contributed by atoms with Crippen LogP contribution in [-0.4, -0.2) is 21.5 Å². The lowest BCUT2D eigenvalue weighted by atomic mass is 10.2. The van der Waals surface area contributed by atoms with Crippen LogP contribution in [0.2, 0.25) is 5.02 Å². The Labute approximate surface area is 95.1 Å². The van der Waals surface area contributed by atoms with E-state index in [1.807, 2.05) is 0 Å². The fourth-order valence-corrected chi connectivity index (χ4v) is 2.02. The van der Waals surface area contributed by atoms with Crippen LogP contribution in [0.15, 0.2) is 34.6 Å². The van der Waals surface area contributed by atoms with E-state index in [4.69, 9.17) is 11.6 Å². The zero-order chi connectivity index (χ0) is 10.7. The van der Waals surface area contributed by atoms with Gasteiger partial charge in [0.2, 0.25) is 0 Å². The van der Waals surface area contributed by atoms with Crippen molar-refractivity contribution in [1.82, 2.24) is 15.2 Å². The van der Waals surface area contributed by atoms with E-state index >= 15 is 0 Å². The standard InChI is InChI=1S/C9H6ClN3OS/c10-7-3-6(4-14)1-2-8(7)15-9-11-5-12-13-9/h1-5H,(H,11,12,13). The first-order chi connectivity index (χ1) is 7.29.